The van der Waals surface area contributed by atoms with E-state index in [1.54, 1.807) is 0 Å². The maximum absolute atomic E-state index is 10.7. The van der Waals surface area contributed by atoms with Gasteiger partial charge in [0.25, 0.3) is 0 Å². The van der Waals surface area contributed by atoms with E-state index in [1.165, 1.54) is 0 Å². The molecule has 1 saturated carbocycles. The summed E-state index contributed by atoms with van der Waals surface area (Å²) in [6, 6.07) is 1.91. The highest BCUT2D eigenvalue weighted by atomic mass is 16.1. The molecule has 1 aliphatic carbocycles. The zero-order valence-electron chi connectivity index (χ0n) is 6.00. The summed E-state index contributed by atoms with van der Waals surface area (Å²) in [7, 11) is 0. The molecule has 0 aromatic rings. The van der Waals surface area contributed by atoms with Crippen molar-refractivity contribution in [3.63, 3.8) is 0 Å². The van der Waals surface area contributed by atoms with Gasteiger partial charge in [-0.1, -0.05) is 0 Å². The minimum Gasteiger partial charge on any atom is -0.368 e. The van der Waals surface area contributed by atoms with Gasteiger partial charge in [0.05, 0.1) is 12.1 Å². The molecule has 3 unspecified atom stereocenters. The number of nitriles is 1. The van der Waals surface area contributed by atoms with Gasteiger partial charge in [0.1, 0.15) is 5.54 Å². The molecule has 2 aliphatic rings. The van der Waals surface area contributed by atoms with Crippen molar-refractivity contribution in [3.8, 4) is 6.07 Å². The van der Waals surface area contributed by atoms with Gasteiger partial charge in [0.15, 0.2) is 0 Å². The fourth-order valence-electron chi connectivity index (χ4n) is 1.80. The smallest absolute Gasteiger partial charge is 0.234 e. The van der Waals surface area contributed by atoms with E-state index in [2.05, 4.69) is 11.4 Å². The summed E-state index contributed by atoms with van der Waals surface area (Å²) in [6.45, 7) is 0. The molecule has 58 valence electrons. The normalized spacial score (nSPS) is 46.1. The Kier molecular flexibility index (Phi) is 1.05. The first-order chi connectivity index (χ1) is 5.18. The lowest BCUT2D eigenvalue weighted by molar-refractivity contribution is -0.119. The molecule has 0 radical (unpaired) electrons. The Balaban J connectivity index is 2.09. The lowest BCUT2D eigenvalue weighted by Gasteiger charge is -2.09. The van der Waals surface area contributed by atoms with Crippen molar-refractivity contribution >= 4 is 5.91 Å². The van der Waals surface area contributed by atoms with Gasteiger partial charge in [-0.3, -0.25) is 10.1 Å². The Morgan fingerprint density at radius 3 is 2.91 bits per heavy atom. The highest BCUT2D eigenvalue weighted by Crippen LogP contribution is 2.51. The minimum absolute atomic E-state index is 0.270. The van der Waals surface area contributed by atoms with Crippen LogP contribution in [0, 0.1) is 17.2 Å². The lowest BCUT2D eigenvalue weighted by Crippen LogP contribution is -2.42. The molecule has 1 saturated heterocycles. The number of nitrogens with zero attached hydrogens (tertiary/aromatic N) is 1. The van der Waals surface area contributed by atoms with Crippen LogP contribution in [0.15, 0.2) is 0 Å². The van der Waals surface area contributed by atoms with Crippen LogP contribution in [0.25, 0.3) is 0 Å². The second kappa shape index (κ2) is 1.74. The van der Waals surface area contributed by atoms with Crippen molar-refractivity contribution in [2.24, 2.45) is 11.7 Å². The average molecular weight is 151 g/mol. The predicted octanol–water partition coefficient (Wildman–Crippen LogP) is -0.884. The second-order valence-electron chi connectivity index (χ2n) is 3.32. The molecule has 3 N–H and O–H groups in total. The molecule has 0 aromatic carbocycles. The number of nitrogens with one attached hydrogen (secondary N) is 1. The number of piperidine rings is 1. The first-order valence-electron chi connectivity index (χ1n) is 3.66. The molecule has 0 spiro atoms. The summed E-state index contributed by atoms with van der Waals surface area (Å²) in [5.74, 6) is 0.0248. The number of fused-ring (bicyclic) bond motifs is 1. The zero-order chi connectivity index (χ0) is 8.06. The Bertz CT molecular complexity index is 257. The van der Waals surface area contributed by atoms with Crippen molar-refractivity contribution < 1.29 is 4.79 Å². The summed E-state index contributed by atoms with van der Waals surface area (Å²) in [5.41, 5.74) is 4.69. The second-order valence-corrected chi connectivity index (χ2v) is 3.32. The van der Waals surface area contributed by atoms with Crippen LogP contribution >= 0.6 is 0 Å². The third-order valence-corrected chi connectivity index (χ3v) is 2.60. The Morgan fingerprint density at radius 2 is 2.55 bits per heavy atom. The Hall–Kier alpha value is -1.08. The number of hydrogen-bond acceptors (Lipinski definition) is 3. The van der Waals surface area contributed by atoms with E-state index in [0.29, 0.717) is 5.92 Å². The van der Waals surface area contributed by atoms with Crippen molar-refractivity contribution in [2.45, 2.75) is 24.4 Å². The van der Waals surface area contributed by atoms with Gasteiger partial charge in [0.2, 0.25) is 5.91 Å². The van der Waals surface area contributed by atoms with E-state index in [4.69, 9.17) is 11.0 Å². The lowest BCUT2D eigenvalue weighted by atomic mass is 10.2. The monoisotopic (exact) mass is 151 g/mol. The molecule has 1 aliphatic heterocycles. The first kappa shape index (κ1) is 6.62. The number of carbonyl (C=O) groups excluding carboxylic acids is 1. The third kappa shape index (κ3) is 0.747. The van der Waals surface area contributed by atoms with Crippen molar-refractivity contribution in [2.75, 3.05) is 0 Å². The van der Waals surface area contributed by atoms with Gasteiger partial charge in [-0.2, -0.15) is 5.26 Å². The fraction of sp³-hybridized carbons (Fsp3) is 0.714. The topological polar surface area (TPSA) is 78.9 Å². The van der Waals surface area contributed by atoms with Crippen LogP contribution in [0.5, 0.6) is 0 Å². The Labute approximate surface area is 64.4 Å². The molecule has 3 atom stereocenters. The minimum atomic E-state index is -0.389. The maximum Gasteiger partial charge on any atom is 0.234 e. The molecule has 2 rings (SSSR count). The number of nitrogens with two attached hydrogens (primary N) is 1. The summed E-state index contributed by atoms with van der Waals surface area (Å²) in [5, 5.41) is 11.7. The molecule has 11 heavy (non-hydrogen) atoms. The molecule has 4 nitrogen and oxygen atoms in total. The van der Waals surface area contributed by atoms with E-state index in [9.17, 15) is 4.79 Å². The van der Waals surface area contributed by atoms with Crippen LogP contribution in [0.2, 0.25) is 0 Å². The number of primary amides is 1. The van der Waals surface area contributed by atoms with Gasteiger partial charge >= 0.3 is 0 Å². The van der Waals surface area contributed by atoms with Crippen LogP contribution in [0.4, 0.5) is 0 Å². The van der Waals surface area contributed by atoms with Crippen LogP contribution in [-0.2, 0) is 4.79 Å². The van der Waals surface area contributed by atoms with Gasteiger partial charge in [-0.25, -0.2) is 0 Å². The third-order valence-electron chi connectivity index (χ3n) is 2.60. The molecular weight excluding hydrogens is 142 g/mol. The maximum atomic E-state index is 10.7. The number of hydrogen-bond donors (Lipinski definition) is 2. The number of amides is 1. The highest BCUT2D eigenvalue weighted by molar-refractivity contribution is 5.81. The average Bonchev–Trinajstić information content (AvgIpc) is 2.55. The van der Waals surface area contributed by atoms with Crippen molar-refractivity contribution in [1.29, 1.82) is 5.26 Å². The van der Waals surface area contributed by atoms with Gasteiger partial charge in [-0.15, -0.1) is 0 Å². The standard InChI is InChI=1S/C7H9N3O/c8-3-7-2-4(7)1-5(10-7)6(9)11/h4-5,10H,1-2H2,(H2,9,11). The molecule has 2 fully saturated rings. The van der Waals surface area contributed by atoms with Gasteiger partial charge in [0, 0.05) is 0 Å². The molecule has 1 amide bonds. The van der Waals surface area contributed by atoms with Crippen molar-refractivity contribution in [3.05, 3.63) is 0 Å². The largest absolute Gasteiger partial charge is 0.368 e. The van der Waals surface area contributed by atoms with Gasteiger partial charge < -0.3 is 5.73 Å². The van der Waals surface area contributed by atoms with Crippen LogP contribution < -0.4 is 11.1 Å². The van der Waals surface area contributed by atoms with E-state index in [1.807, 2.05) is 0 Å². The summed E-state index contributed by atoms with van der Waals surface area (Å²) >= 11 is 0. The Morgan fingerprint density at radius 1 is 1.82 bits per heavy atom. The molecule has 0 aromatic heterocycles. The SMILES string of the molecule is N#CC12CC1CC(C(N)=O)N2. The summed E-state index contributed by atoms with van der Waals surface area (Å²) in [4.78, 5) is 10.7. The highest BCUT2D eigenvalue weighted by Gasteiger charge is 2.62. The molecule has 4 heteroatoms. The van der Waals surface area contributed by atoms with Crippen molar-refractivity contribution in [1.82, 2.24) is 5.32 Å². The fourth-order valence-corrected chi connectivity index (χ4v) is 1.80. The molecule has 1 heterocycles. The van der Waals surface area contributed by atoms with E-state index < -0.39 is 0 Å². The van der Waals surface area contributed by atoms with E-state index in [-0.39, 0.29) is 17.5 Å². The van der Waals surface area contributed by atoms with E-state index >= 15 is 0 Å². The van der Waals surface area contributed by atoms with Crippen LogP contribution in [0.1, 0.15) is 12.8 Å². The quantitative estimate of drug-likeness (QED) is 0.510. The first-order valence-corrected chi connectivity index (χ1v) is 3.66. The molecular formula is C7H9N3O. The van der Waals surface area contributed by atoms with E-state index in [0.717, 1.165) is 12.8 Å². The van der Waals surface area contributed by atoms with Crippen LogP contribution in [0.3, 0.4) is 0 Å². The summed E-state index contributed by atoms with van der Waals surface area (Å²) in [6.07, 6.45) is 1.62. The molecule has 0 bridgehead atoms. The predicted molar refractivity (Wildman–Crippen MR) is 37.2 cm³/mol. The number of carbonyl (C=O) groups is 1. The number of rotatable bonds is 1. The summed E-state index contributed by atoms with van der Waals surface area (Å²) < 4.78 is 0. The van der Waals surface area contributed by atoms with Crippen LogP contribution in [-0.4, -0.2) is 17.5 Å². The zero-order valence-corrected chi connectivity index (χ0v) is 6.00. The van der Waals surface area contributed by atoms with Gasteiger partial charge in [-0.05, 0) is 18.8 Å².